The molecule has 392 valence electrons. The van der Waals surface area contributed by atoms with E-state index in [2.05, 4.69) is 35.9 Å². The number of nitrogens with two attached hydrogens (primary N) is 2. The molecule has 1 unspecified atom stereocenters. The van der Waals surface area contributed by atoms with Crippen LogP contribution in [0.15, 0.2) is 63.5 Å². The normalized spacial score (nSPS) is 19.9. The maximum Gasteiger partial charge on any atom is 0.277 e. The predicted octanol–water partition coefficient (Wildman–Crippen LogP) is 2.83. The van der Waals surface area contributed by atoms with Crippen LogP contribution in [-0.2, 0) is 42.9 Å². The highest BCUT2D eigenvalue weighted by atomic mass is 35.5. The zero-order valence-corrected chi connectivity index (χ0v) is 42.4. The van der Waals surface area contributed by atoms with Crippen molar-refractivity contribution in [2.75, 3.05) is 113 Å². The lowest BCUT2D eigenvalue weighted by molar-refractivity contribution is -0.140. The Bertz CT molecular complexity index is 2700. The topological polar surface area (TPSA) is 281 Å². The van der Waals surface area contributed by atoms with Gasteiger partial charge < -0.3 is 55.7 Å². The van der Waals surface area contributed by atoms with Gasteiger partial charge in [0.05, 0.1) is 87.3 Å². The number of nitrogen functional groups attached to an aromatic ring is 1. The van der Waals surface area contributed by atoms with Crippen molar-refractivity contribution in [3.8, 4) is 0 Å². The van der Waals surface area contributed by atoms with Gasteiger partial charge in [0.1, 0.15) is 16.9 Å². The van der Waals surface area contributed by atoms with Gasteiger partial charge in [-0.15, -0.1) is 0 Å². The maximum atomic E-state index is 13.4. The van der Waals surface area contributed by atoms with Crippen LogP contribution in [0, 0.1) is 5.41 Å². The molecule has 24 heteroatoms. The summed E-state index contributed by atoms with van der Waals surface area (Å²) in [7, 11) is 0. The molecular weight excluding hydrogens is 984 g/mol. The van der Waals surface area contributed by atoms with Crippen molar-refractivity contribution < 1.29 is 42.9 Å². The molecule has 0 aliphatic carbocycles. The van der Waals surface area contributed by atoms with Crippen LogP contribution >= 0.6 is 23.4 Å². The third-order valence-corrected chi connectivity index (χ3v) is 15.4. The number of nitrogens with zero attached hydrogens (tertiary/aromatic N) is 7. The molecule has 2 aromatic heterocycles. The molecule has 4 saturated heterocycles. The number of amides is 5. The van der Waals surface area contributed by atoms with E-state index in [1.807, 2.05) is 6.92 Å². The van der Waals surface area contributed by atoms with Gasteiger partial charge in [0.2, 0.25) is 23.6 Å². The fourth-order valence-electron chi connectivity index (χ4n) is 9.46. The number of benzene rings is 2. The molecule has 0 bridgehead atoms. The van der Waals surface area contributed by atoms with E-state index in [1.54, 1.807) is 52.4 Å². The molecule has 0 saturated carbocycles. The van der Waals surface area contributed by atoms with Crippen molar-refractivity contribution in [1.82, 2.24) is 34.9 Å². The largest absolute Gasteiger partial charge is 0.382 e. The first-order valence-corrected chi connectivity index (χ1v) is 25.9. The summed E-state index contributed by atoms with van der Waals surface area (Å²) in [6, 6.07) is 9.76. The number of piperazine rings is 1. The molecule has 7 N–H and O–H groups in total. The lowest BCUT2D eigenvalue weighted by atomic mass is 9.73. The SMILES string of the molecule is C[C@@H]1OCC2(CCN(c3cnc(Sc4cccc(NC(=O)CCC(=O)N5CCN(C(=O)CCOCCOCCOCCNc6cccc7cnn(C8CCC(=O)NC8=O)c(=O)c67)CC5)c4Cl)c(N)n3)CC2)[C@@H]1N. The molecule has 8 rings (SSSR count). The standard InChI is InChI=1S/C49H63ClN12O10S/c1-31-44(51)49(30-72-31)13-16-59(17-14-49)37-29-54-47(45(52)57-37)73-36-7-3-6-34(43(36)50)56-38(63)10-11-40(65)60-18-20-61(21-19-60)41(66)12-22-69-24-26-71-27-25-70-23-15-53-33-5-2-4-32-28-55-62(48(68)42(32)33)35-8-9-39(64)58-46(35)67/h2-7,28-29,31,35,44,53H,8-27,30,51H2,1H3,(H2,52,57)(H,56,63)(H,58,64,67)/t31-,35?,44+/m0/s1. The second-order valence-electron chi connectivity index (χ2n) is 18.5. The Kier molecular flexibility index (Phi) is 18.2. The van der Waals surface area contributed by atoms with E-state index in [-0.39, 0.29) is 85.7 Å². The number of halogens is 1. The van der Waals surface area contributed by atoms with E-state index < -0.39 is 17.5 Å². The second-order valence-corrected chi connectivity index (χ2v) is 19.9. The van der Waals surface area contributed by atoms with Gasteiger partial charge in [-0.1, -0.05) is 41.6 Å². The Morgan fingerprint density at radius 3 is 2.23 bits per heavy atom. The van der Waals surface area contributed by atoms with Crippen molar-refractivity contribution in [3.05, 3.63) is 64.2 Å². The van der Waals surface area contributed by atoms with Crippen molar-refractivity contribution in [3.63, 3.8) is 0 Å². The molecular formula is C49H63ClN12O10S. The van der Waals surface area contributed by atoms with E-state index in [4.69, 9.17) is 42.0 Å². The minimum atomic E-state index is -0.856. The number of rotatable bonds is 21. The van der Waals surface area contributed by atoms with E-state index in [1.165, 1.54) is 18.0 Å². The number of nitrogens with one attached hydrogen (secondary N) is 3. The number of hydrogen-bond donors (Lipinski definition) is 5. The highest BCUT2D eigenvalue weighted by Crippen LogP contribution is 2.43. The minimum Gasteiger partial charge on any atom is -0.382 e. The van der Waals surface area contributed by atoms with Crippen LogP contribution in [0.5, 0.6) is 0 Å². The molecule has 1 spiro atoms. The van der Waals surface area contributed by atoms with E-state index in [9.17, 15) is 28.8 Å². The average molecular weight is 1050 g/mol. The molecule has 4 fully saturated rings. The zero-order chi connectivity index (χ0) is 51.5. The van der Waals surface area contributed by atoms with Crippen molar-refractivity contribution in [2.45, 2.75) is 80.0 Å². The first kappa shape index (κ1) is 53.3. The van der Waals surface area contributed by atoms with Crippen LogP contribution in [0.1, 0.15) is 57.9 Å². The molecule has 4 aliphatic heterocycles. The number of carbonyl (C=O) groups excluding carboxylic acids is 5. The second kappa shape index (κ2) is 24.9. The number of fused-ring (bicyclic) bond motifs is 1. The number of piperidine rings is 2. The molecule has 6 heterocycles. The molecule has 22 nitrogen and oxygen atoms in total. The van der Waals surface area contributed by atoms with Crippen LogP contribution in [0.4, 0.5) is 23.0 Å². The first-order valence-electron chi connectivity index (χ1n) is 24.7. The number of carbonyl (C=O) groups is 5. The number of aromatic nitrogens is 4. The Morgan fingerprint density at radius 1 is 0.877 bits per heavy atom. The summed E-state index contributed by atoms with van der Waals surface area (Å²) < 4.78 is 23.9. The predicted molar refractivity (Wildman–Crippen MR) is 273 cm³/mol. The molecule has 73 heavy (non-hydrogen) atoms. The summed E-state index contributed by atoms with van der Waals surface area (Å²) in [6.07, 6.45) is 5.61. The van der Waals surface area contributed by atoms with Gasteiger partial charge in [-0.05, 0) is 44.4 Å². The van der Waals surface area contributed by atoms with Crippen LogP contribution in [0.3, 0.4) is 0 Å². The van der Waals surface area contributed by atoms with Crippen molar-refractivity contribution in [2.24, 2.45) is 11.1 Å². The van der Waals surface area contributed by atoms with Crippen LogP contribution < -0.4 is 37.9 Å². The third-order valence-electron chi connectivity index (χ3n) is 13.8. The Morgan fingerprint density at radius 2 is 1.55 bits per heavy atom. The van der Waals surface area contributed by atoms with Crippen LogP contribution in [0.2, 0.25) is 5.02 Å². The van der Waals surface area contributed by atoms with Gasteiger partial charge in [0, 0.05) is 92.5 Å². The highest BCUT2D eigenvalue weighted by molar-refractivity contribution is 7.99. The van der Waals surface area contributed by atoms with Crippen LogP contribution in [0.25, 0.3) is 10.8 Å². The average Bonchev–Trinajstić information content (AvgIpc) is 3.66. The lowest BCUT2D eigenvalue weighted by Gasteiger charge is -2.41. The number of imide groups is 1. The van der Waals surface area contributed by atoms with E-state index in [0.29, 0.717) is 115 Å². The summed E-state index contributed by atoms with van der Waals surface area (Å²) >= 11 is 8.00. The fourth-order valence-corrected chi connectivity index (χ4v) is 10.6. The minimum absolute atomic E-state index is 0.00659. The highest BCUT2D eigenvalue weighted by Gasteiger charge is 2.47. The van der Waals surface area contributed by atoms with Gasteiger partial charge in [-0.2, -0.15) is 5.10 Å². The quantitative estimate of drug-likeness (QED) is 0.0593. The smallest absolute Gasteiger partial charge is 0.277 e. The van der Waals surface area contributed by atoms with E-state index >= 15 is 0 Å². The zero-order valence-electron chi connectivity index (χ0n) is 40.9. The van der Waals surface area contributed by atoms with Gasteiger partial charge in [0.25, 0.3) is 11.5 Å². The Labute approximate surface area is 431 Å². The molecule has 4 aliphatic rings. The third kappa shape index (κ3) is 13.2. The molecule has 2 aromatic carbocycles. The van der Waals surface area contributed by atoms with Crippen molar-refractivity contribution >= 4 is 86.7 Å². The molecule has 0 radical (unpaired) electrons. The summed E-state index contributed by atoms with van der Waals surface area (Å²) in [6.45, 7) is 8.08. The monoisotopic (exact) mass is 1050 g/mol. The van der Waals surface area contributed by atoms with Gasteiger partial charge >= 0.3 is 0 Å². The summed E-state index contributed by atoms with van der Waals surface area (Å²) in [5, 5.41) is 14.3. The maximum absolute atomic E-state index is 13.4. The summed E-state index contributed by atoms with van der Waals surface area (Å²) in [5.74, 6) is -0.535. The number of ether oxygens (including phenoxy) is 4. The summed E-state index contributed by atoms with van der Waals surface area (Å²) in [5.41, 5.74) is 13.4. The summed E-state index contributed by atoms with van der Waals surface area (Å²) in [4.78, 5) is 91.7. The Balaban J connectivity index is 0.656. The number of anilines is 4. The molecule has 3 atom stereocenters. The van der Waals surface area contributed by atoms with Crippen LogP contribution in [-0.4, -0.2) is 163 Å². The fraction of sp³-hybridized carbons (Fsp3) is 0.531. The number of hydrogen-bond acceptors (Lipinski definition) is 18. The van der Waals surface area contributed by atoms with Crippen molar-refractivity contribution in [1.29, 1.82) is 0 Å². The van der Waals surface area contributed by atoms with Gasteiger partial charge in [-0.25, -0.2) is 14.6 Å². The molecule has 4 aromatic rings. The first-order chi connectivity index (χ1) is 35.3. The lowest BCUT2D eigenvalue weighted by Crippen LogP contribution is -2.50. The molecule has 5 amide bonds. The Hall–Kier alpha value is -5.95. The van der Waals surface area contributed by atoms with Gasteiger partial charge in [-0.3, -0.25) is 34.1 Å². The van der Waals surface area contributed by atoms with E-state index in [0.717, 1.165) is 30.6 Å². The van der Waals surface area contributed by atoms with Gasteiger partial charge in [0.15, 0.2) is 5.82 Å².